The van der Waals surface area contributed by atoms with Crippen LogP contribution in [0.5, 0.6) is 11.5 Å². The number of fused-ring (bicyclic) bond motifs is 1. The van der Waals surface area contributed by atoms with Crippen LogP contribution in [0.3, 0.4) is 0 Å². The minimum atomic E-state index is -0.187. The Labute approximate surface area is 110 Å². The fraction of sp³-hybridized carbons (Fsp3) is 0.214. The van der Waals surface area contributed by atoms with Crippen LogP contribution in [0.25, 0.3) is 0 Å². The maximum atomic E-state index is 12.1. The Morgan fingerprint density at radius 3 is 2.89 bits per heavy atom. The summed E-state index contributed by atoms with van der Waals surface area (Å²) in [4.78, 5) is 12.1. The molecule has 1 aliphatic heterocycles. The average molecular weight is 259 g/mol. The molecule has 0 saturated heterocycles. The van der Waals surface area contributed by atoms with E-state index in [1.54, 1.807) is 30.5 Å². The summed E-state index contributed by atoms with van der Waals surface area (Å²) in [6, 6.07) is 8.54. The van der Waals surface area contributed by atoms with Crippen molar-refractivity contribution in [3.8, 4) is 11.5 Å². The van der Waals surface area contributed by atoms with Crippen molar-refractivity contribution in [3.63, 3.8) is 0 Å². The third-order valence-electron chi connectivity index (χ3n) is 2.95. The van der Waals surface area contributed by atoms with Crippen molar-refractivity contribution < 1.29 is 18.7 Å². The van der Waals surface area contributed by atoms with Crippen LogP contribution in [0.2, 0.25) is 0 Å². The number of ether oxygens (including phenoxy) is 2. The number of rotatable bonds is 3. The third-order valence-corrected chi connectivity index (χ3v) is 2.95. The Morgan fingerprint density at radius 2 is 2.11 bits per heavy atom. The SMILES string of the molecule is CC(NC(=O)c1ccc2c(c1)OCO2)c1ccco1. The van der Waals surface area contributed by atoms with Gasteiger partial charge in [0.1, 0.15) is 5.76 Å². The van der Waals surface area contributed by atoms with E-state index in [2.05, 4.69) is 5.32 Å². The number of hydrogen-bond acceptors (Lipinski definition) is 4. The molecule has 0 bridgehead atoms. The zero-order valence-electron chi connectivity index (χ0n) is 10.4. The van der Waals surface area contributed by atoms with E-state index in [1.165, 1.54) is 0 Å². The molecule has 19 heavy (non-hydrogen) atoms. The summed E-state index contributed by atoms with van der Waals surface area (Å²) in [7, 11) is 0. The van der Waals surface area contributed by atoms with E-state index in [9.17, 15) is 4.79 Å². The smallest absolute Gasteiger partial charge is 0.252 e. The second-order valence-electron chi connectivity index (χ2n) is 4.28. The van der Waals surface area contributed by atoms with E-state index in [4.69, 9.17) is 13.9 Å². The molecule has 3 rings (SSSR count). The van der Waals surface area contributed by atoms with Gasteiger partial charge in [0, 0.05) is 5.56 Å². The van der Waals surface area contributed by atoms with Crippen LogP contribution < -0.4 is 14.8 Å². The Kier molecular flexibility index (Phi) is 2.87. The summed E-state index contributed by atoms with van der Waals surface area (Å²) in [5, 5.41) is 2.86. The number of carbonyl (C=O) groups is 1. The molecule has 5 nitrogen and oxygen atoms in total. The van der Waals surface area contributed by atoms with Crippen LogP contribution in [0.15, 0.2) is 41.0 Å². The van der Waals surface area contributed by atoms with Crippen molar-refractivity contribution in [1.29, 1.82) is 0 Å². The van der Waals surface area contributed by atoms with E-state index in [-0.39, 0.29) is 18.7 Å². The topological polar surface area (TPSA) is 60.7 Å². The molecule has 0 saturated carbocycles. The maximum Gasteiger partial charge on any atom is 0.252 e. The highest BCUT2D eigenvalue weighted by Gasteiger charge is 2.18. The van der Waals surface area contributed by atoms with Crippen molar-refractivity contribution >= 4 is 5.91 Å². The molecule has 0 aliphatic carbocycles. The summed E-state index contributed by atoms with van der Waals surface area (Å²) >= 11 is 0. The summed E-state index contributed by atoms with van der Waals surface area (Å²) in [5.74, 6) is 1.80. The van der Waals surface area contributed by atoms with Crippen molar-refractivity contribution in [1.82, 2.24) is 5.32 Å². The van der Waals surface area contributed by atoms with Gasteiger partial charge in [0.2, 0.25) is 6.79 Å². The molecule has 1 N–H and O–H groups in total. The second-order valence-corrected chi connectivity index (χ2v) is 4.28. The molecule has 1 aromatic carbocycles. The average Bonchev–Trinajstić information content (AvgIpc) is 3.09. The Bertz CT molecular complexity index is 591. The monoisotopic (exact) mass is 259 g/mol. The molecule has 0 fully saturated rings. The van der Waals surface area contributed by atoms with E-state index < -0.39 is 0 Å². The molecule has 1 amide bonds. The van der Waals surface area contributed by atoms with Crippen molar-refractivity contribution in [2.45, 2.75) is 13.0 Å². The molecule has 1 aromatic heterocycles. The number of amides is 1. The predicted octanol–water partition coefficient (Wildman–Crippen LogP) is 2.50. The second kappa shape index (κ2) is 4.68. The van der Waals surface area contributed by atoms with Gasteiger partial charge in [-0.05, 0) is 37.3 Å². The normalized spacial score (nSPS) is 14.2. The maximum absolute atomic E-state index is 12.1. The largest absolute Gasteiger partial charge is 0.467 e. The molecular weight excluding hydrogens is 246 g/mol. The Balaban J connectivity index is 1.74. The minimum Gasteiger partial charge on any atom is -0.467 e. The number of nitrogens with one attached hydrogen (secondary N) is 1. The van der Waals surface area contributed by atoms with Gasteiger partial charge in [0.25, 0.3) is 5.91 Å². The van der Waals surface area contributed by atoms with Crippen LogP contribution in [-0.2, 0) is 0 Å². The Morgan fingerprint density at radius 1 is 1.26 bits per heavy atom. The number of carbonyl (C=O) groups excluding carboxylic acids is 1. The van der Waals surface area contributed by atoms with Gasteiger partial charge in [-0.2, -0.15) is 0 Å². The van der Waals surface area contributed by atoms with Gasteiger partial charge in [-0.1, -0.05) is 0 Å². The lowest BCUT2D eigenvalue weighted by molar-refractivity contribution is 0.0935. The summed E-state index contributed by atoms with van der Waals surface area (Å²) in [6.45, 7) is 2.06. The zero-order chi connectivity index (χ0) is 13.2. The molecule has 0 radical (unpaired) electrons. The lowest BCUT2D eigenvalue weighted by Gasteiger charge is -2.11. The van der Waals surface area contributed by atoms with Gasteiger partial charge < -0.3 is 19.2 Å². The van der Waals surface area contributed by atoms with Gasteiger partial charge in [0.05, 0.1) is 12.3 Å². The molecule has 98 valence electrons. The first kappa shape index (κ1) is 11.6. The Hall–Kier alpha value is -2.43. The first-order valence-corrected chi connectivity index (χ1v) is 5.98. The van der Waals surface area contributed by atoms with Crippen LogP contribution in [0.1, 0.15) is 29.1 Å². The van der Waals surface area contributed by atoms with Crippen molar-refractivity contribution in [2.24, 2.45) is 0 Å². The summed E-state index contributed by atoms with van der Waals surface area (Å²) in [6.07, 6.45) is 1.58. The lowest BCUT2D eigenvalue weighted by Crippen LogP contribution is -2.26. The fourth-order valence-corrected chi connectivity index (χ4v) is 1.93. The highest BCUT2D eigenvalue weighted by Crippen LogP contribution is 2.32. The number of furan rings is 1. The molecule has 0 spiro atoms. The molecular formula is C14H13NO4. The van der Waals surface area contributed by atoms with Crippen LogP contribution in [-0.4, -0.2) is 12.7 Å². The minimum absolute atomic E-state index is 0.179. The van der Waals surface area contributed by atoms with E-state index in [0.717, 1.165) is 0 Å². The van der Waals surface area contributed by atoms with Crippen LogP contribution in [0.4, 0.5) is 0 Å². The fourth-order valence-electron chi connectivity index (χ4n) is 1.93. The number of benzene rings is 1. The molecule has 1 aliphatic rings. The first-order chi connectivity index (χ1) is 9.24. The highest BCUT2D eigenvalue weighted by atomic mass is 16.7. The number of hydrogen-bond donors (Lipinski definition) is 1. The molecule has 2 aromatic rings. The zero-order valence-corrected chi connectivity index (χ0v) is 10.4. The molecule has 1 atom stereocenters. The molecule has 5 heteroatoms. The van der Waals surface area contributed by atoms with Crippen LogP contribution >= 0.6 is 0 Å². The van der Waals surface area contributed by atoms with Crippen molar-refractivity contribution in [3.05, 3.63) is 47.9 Å². The van der Waals surface area contributed by atoms with E-state index in [0.29, 0.717) is 22.8 Å². The van der Waals surface area contributed by atoms with Crippen molar-refractivity contribution in [2.75, 3.05) is 6.79 Å². The van der Waals surface area contributed by atoms with Gasteiger partial charge in [-0.3, -0.25) is 4.79 Å². The highest BCUT2D eigenvalue weighted by molar-refractivity contribution is 5.95. The van der Waals surface area contributed by atoms with Gasteiger partial charge in [0.15, 0.2) is 11.5 Å². The van der Waals surface area contributed by atoms with Gasteiger partial charge >= 0.3 is 0 Å². The molecule has 1 unspecified atom stereocenters. The summed E-state index contributed by atoms with van der Waals surface area (Å²) < 4.78 is 15.7. The first-order valence-electron chi connectivity index (χ1n) is 5.98. The van der Waals surface area contributed by atoms with E-state index in [1.807, 2.05) is 13.0 Å². The predicted molar refractivity (Wildman–Crippen MR) is 67.2 cm³/mol. The molecule has 2 heterocycles. The van der Waals surface area contributed by atoms with Gasteiger partial charge in [-0.25, -0.2) is 0 Å². The van der Waals surface area contributed by atoms with Gasteiger partial charge in [-0.15, -0.1) is 0 Å². The third kappa shape index (κ3) is 2.27. The van der Waals surface area contributed by atoms with Crippen LogP contribution in [0, 0.1) is 0 Å². The lowest BCUT2D eigenvalue weighted by atomic mass is 10.1. The quantitative estimate of drug-likeness (QED) is 0.920. The standard InChI is InChI=1S/C14H13NO4/c1-9(11-3-2-6-17-11)15-14(16)10-4-5-12-13(7-10)19-8-18-12/h2-7,9H,8H2,1H3,(H,15,16). The summed E-state index contributed by atoms with van der Waals surface area (Å²) in [5.41, 5.74) is 0.530. The van der Waals surface area contributed by atoms with E-state index >= 15 is 0 Å².